The summed E-state index contributed by atoms with van der Waals surface area (Å²) in [6.07, 6.45) is 0. The number of nitrogens with two attached hydrogens (primary N) is 1. The topological polar surface area (TPSA) is 73.6 Å². The third-order valence-electron chi connectivity index (χ3n) is 3.13. The quantitative estimate of drug-likeness (QED) is 0.729. The Morgan fingerprint density at radius 2 is 1.75 bits per heavy atom. The van der Waals surface area contributed by atoms with Crippen molar-refractivity contribution in [3.8, 4) is 11.5 Å². The van der Waals surface area contributed by atoms with Gasteiger partial charge < -0.3 is 20.5 Å². The number of carbonyl (C=O) groups excluding carboxylic acids is 1. The van der Waals surface area contributed by atoms with Crippen molar-refractivity contribution in [2.45, 2.75) is 13.8 Å². The van der Waals surface area contributed by atoms with Crippen LogP contribution in [0.2, 0.25) is 10.0 Å². The van der Waals surface area contributed by atoms with Gasteiger partial charge in [-0.25, -0.2) is 0 Å². The van der Waals surface area contributed by atoms with Gasteiger partial charge in [-0.1, -0.05) is 23.2 Å². The largest absolute Gasteiger partial charge is 0.492 e. The monoisotopic (exact) mass is 368 g/mol. The lowest BCUT2D eigenvalue weighted by Gasteiger charge is -2.16. The summed E-state index contributed by atoms with van der Waals surface area (Å²) in [7, 11) is 0. The zero-order chi connectivity index (χ0) is 17.7. The van der Waals surface area contributed by atoms with Crippen molar-refractivity contribution in [2.24, 2.45) is 0 Å². The molecule has 0 radical (unpaired) electrons. The van der Waals surface area contributed by atoms with Crippen LogP contribution in [0, 0.1) is 0 Å². The number of nitrogen functional groups attached to an aromatic ring is 1. The summed E-state index contributed by atoms with van der Waals surface area (Å²) in [6, 6.07) is 7.92. The van der Waals surface area contributed by atoms with Gasteiger partial charge in [0.25, 0.3) is 5.91 Å². The lowest BCUT2D eigenvalue weighted by Crippen LogP contribution is -2.14. The van der Waals surface area contributed by atoms with E-state index < -0.39 is 5.91 Å². The summed E-state index contributed by atoms with van der Waals surface area (Å²) in [5.41, 5.74) is 7.07. The second-order valence-corrected chi connectivity index (χ2v) is 5.67. The molecule has 0 aliphatic rings. The summed E-state index contributed by atoms with van der Waals surface area (Å²) in [6.45, 7) is 4.56. The Bertz CT molecular complexity index is 751. The van der Waals surface area contributed by atoms with E-state index in [1.807, 2.05) is 13.8 Å². The summed E-state index contributed by atoms with van der Waals surface area (Å²) >= 11 is 12.0. The number of benzene rings is 2. The minimum Gasteiger partial charge on any atom is -0.492 e. The Morgan fingerprint density at radius 1 is 1.08 bits per heavy atom. The van der Waals surface area contributed by atoms with Gasteiger partial charge in [-0.2, -0.15) is 0 Å². The molecule has 0 atom stereocenters. The molecule has 5 nitrogen and oxygen atoms in total. The van der Waals surface area contributed by atoms with Crippen molar-refractivity contribution in [2.75, 3.05) is 24.3 Å². The highest BCUT2D eigenvalue weighted by Crippen LogP contribution is 2.35. The minimum atomic E-state index is -0.407. The van der Waals surface area contributed by atoms with Gasteiger partial charge in [0.05, 0.1) is 35.2 Å². The van der Waals surface area contributed by atoms with E-state index in [4.69, 9.17) is 38.4 Å². The molecule has 2 aromatic rings. The molecule has 1 amide bonds. The van der Waals surface area contributed by atoms with Gasteiger partial charge in [0.15, 0.2) is 0 Å². The first-order valence-electron chi connectivity index (χ1n) is 7.41. The first-order valence-corrected chi connectivity index (χ1v) is 8.17. The van der Waals surface area contributed by atoms with Crippen LogP contribution in [-0.4, -0.2) is 19.1 Å². The molecular weight excluding hydrogens is 351 g/mol. The van der Waals surface area contributed by atoms with Crippen LogP contribution in [0.15, 0.2) is 30.3 Å². The van der Waals surface area contributed by atoms with Crippen molar-refractivity contribution >= 4 is 40.5 Å². The highest BCUT2D eigenvalue weighted by atomic mass is 35.5. The Morgan fingerprint density at radius 3 is 2.42 bits per heavy atom. The number of rotatable bonds is 6. The van der Waals surface area contributed by atoms with Gasteiger partial charge in [-0.05, 0) is 32.0 Å². The molecule has 0 saturated heterocycles. The zero-order valence-corrected chi connectivity index (χ0v) is 14.9. The fraction of sp³-hybridized carbons (Fsp3) is 0.235. The average molecular weight is 369 g/mol. The van der Waals surface area contributed by atoms with E-state index in [9.17, 15) is 4.79 Å². The Hall–Kier alpha value is -2.11. The maximum Gasteiger partial charge on any atom is 0.257 e. The summed E-state index contributed by atoms with van der Waals surface area (Å²) in [5.74, 6) is 0.508. The first-order chi connectivity index (χ1) is 11.5. The molecule has 0 aliphatic carbocycles. The molecule has 0 saturated carbocycles. The van der Waals surface area contributed by atoms with E-state index in [0.29, 0.717) is 46.1 Å². The molecule has 0 aliphatic heterocycles. The summed E-state index contributed by atoms with van der Waals surface area (Å²) < 4.78 is 11.0. The SMILES string of the molecule is CCOc1cc(NC(=O)c2cc(Cl)ccc2Cl)c(OCC)cc1N. The van der Waals surface area contributed by atoms with Crippen molar-refractivity contribution in [3.63, 3.8) is 0 Å². The summed E-state index contributed by atoms with van der Waals surface area (Å²) in [5, 5.41) is 3.48. The molecule has 3 N–H and O–H groups in total. The van der Waals surface area contributed by atoms with Crippen LogP contribution < -0.4 is 20.5 Å². The standard InChI is InChI=1S/C17H18Cl2N2O3/c1-3-23-15-9-14(16(24-4-2)8-13(15)20)21-17(22)11-7-10(18)5-6-12(11)19/h5-9H,3-4,20H2,1-2H3,(H,21,22). The van der Waals surface area contributed by atoms with Crippen molar-refractivity contribution in [1.29, 1.82) is 0 Å². The second kappa shape index (κ2) is 8.13. The third-order valence-corrected chi connectivity index (χ3v) is 3.70. The molecule has 24 heavy (non-hydrogen) atoms. The van der Waals surface area contributed by atoms with E-state index in [0.717, 1.165) is 0 Å². The van der Waals surface area contributed by atoms with Crippen LogP contribution in [0.25, 0.3) is 0 Å². The van der Waals surface area contributed by atoms with Crippen LogP contribution in [0.3, 0.4) is 0 Å². The number of ether oxygens (including phenoxy) is 2. The highest BCUT2D eigenvalue weighted by Gasteiger charge is 2.16. The molecule has 0 fully saturated rings. The van der Waals surface area contributed by atoms with Gasteiger partial charge in [-0.15, -0.1) is 0 Å². The number of nitrogens with one attached hydrogen (secondary N) is 1. The van der Waals surface area contributed by atoms with E-state index in [1.54, 1.807) is 24.3 Å². The first kappa shape index (κ1) is 18.2. The molecule has 0 heterocycles. The smallest absolute Gasteiger partial charge is 0.257 e. The van der Waals surface area contributed by atoms with Crippen LogP contribution >= 0.6 is 23.2 Å². The normalized spacial score (nSPS) is 10.3. The highest BCUT2D eigenvalue weighted by molar-refractivity contribution is 6.36. The fourth-order valence-corrected chi connectivity index (χ4v) is 2.47. The third kappa shape index (κ3) is 4.24. The number of amides is 1. The Balaban J connectivity index is 2.37. The predicted molar refractivity (Wildman–Crippen MR) is 97.6 cm³/mol. The fourth-order valence-electron chi connectivity index (χ4n) is 2.09. The van der Waals surface area contributed by atoms with E-state index in [2.05, 4.69) is 5.32 Å². The number of hydrogen-bond donors (Lipinski definition) is 2. The van der Waals surface area contributed by atoms with Crippen LogP contribution in [0.5, 0.6) is 11.5 Å². The van der Waals surface area contributed by atoms with Crippen LogP contribution in [0.1, 0.15) is 24.2 Å². The van der Waals surface area contributed by atoms with Gasteiger partial charge in [0, 0.05) is 17.2 Å². The molecule has 0 unspecified atom stereocenters. The molecule has 0 aromatic heterocycles. The molecule has 128 valence electrons. The van der Waals surface area contributed by atoms with Gasteiger partial charge in [0.2, 0.25) is 0 Å². The molecule has 0 spiro atoms. The number of carbonyl (C=O) groups is 1. The minimum absolute atomic E-state index is 0.265. The second-order valence-electron chi connectivity index (χ2n) is 4.83. The van der Waals surface area contributed by atoms with Crippen molar-refractivity contribution in [1.82, 2.24) is 0 Å². The van der Waals surface area contributed by atoms with E-state index >= 15 is 0 Å². The number of halogens is 2. The Labute approximate surface area is 150 Å². The lowest BCUT2D eigenvalue weighted by molar-refractivity contribution is 0.102. The molecule has 0 bridgehead atoms. The molecule has 2 rings (SSSR count). The van der Waals surface area contributed by atoms with Crippen molar-refractivity contribution in [3.05, 3.63) is 45.9 Å². The average Bonchev–Trinajstić information content (AvgIpc) is 2.54. The van der Waals surface area contributed by atoms with Gasteiger partial charge in [0.1, 0.15) is 11.5 Å². The maximum atomic E-state index is 12.5. The van der Waals surface area contributed by atoms with E-state index in [-0.39, 0.29) is 5.56 Å². The van der Waals surface area contributed by atoms with Crippen LogP contribution in [-0.2, 0) is 0 Å². The predicted octanol–water partition coefficient (Wildman–Crippen LogP) is 4.63. The molecular formula is C17H18Cl2N2O3. The van der Waals surface area contributed by atoms with Crippen LogP contribution in [0.4, 0.5) is 11.4 Å². The lowest BCUT2D eigenvalue weighted by atomic mass is 10.2. The summed E-state index contributed by atoms with van der Waals surface area (Å²) in [4.78, 5) is 12.5. The molecule has 7 heteroatoms. The number of anilines is 2. The van der Waals surface area contributed by atoms with Gasteiger partial charge >= 0.3 is 0 Å². The van der Waals surface area contributed by atoms with E-state index in [1.165, 1.54) is 6.07 Å². The van der Waals surface area contributed by atoms with Crippen molar-refractivity contribution < 1.29 is 14.3 Å². The molecule has 2 aromatic carbocycles. The Kier molecular flexibility index (Phi) is 6.17. The van der Waals surface area contributed by atoms with Gasteiger partial charge in [-0.3, -0.25) is 4.79 Å². The number of hydrogen-bond acceptors (Lipinski definition) is 4. The zero-order valence-electron chi connectivity index (χ0n) is 13.4. The maximum absolute atomic E-state index is 12.5.